The number of benzene rings is 2. The van der Waals surface area contributed by atoms with Crippen LogP contribution in [-0.2, 0) is 5.41 Å². The summed E-state index contributed by atoms with van der Waals surface area (Å²) in [5.74, 6) is 2.26. The number of hydrogen-bond acceptors (Lipinski definition) is 4. The number of nitrogens with zero attached hydrogens (tertiary/aromatic N) is 2. The summed E-state index contributed by atoms with van der Waals surface area (Å²) in [5.41, 5.74) is 4.36. The molecule has 4 saturated carbocycles. The topological polar surface area (TPSA) is 87.4 Å². The van der Waals surface area contributed by atoms with Crippen molar-refractivity contribution < 1.29 is 5.11 Å². The average Bonchev–Trinajstić information content (AvgIpc) is 2.80. The van der Waals surface area contributed by atoms with E-state index in [1.807, 2.05) is 45.0 Å². The molecule has 0 amide bonds. The Kier molecular flexibility index (Phi) is 5.32. The van der Waals surface area contributed by atoms with E-state index in [-0.39, 0.29) is 5.56 Å². The van der Waals surface area contributed by atoms with Crippen LogP contribution in [0.1, 0.15) is 66.3 Å². The predicted octanol–water partition coefficient (Wildman–Crippen LogP) is 5.38. The smallest absolute Gasteiger partial charge is 0.335 e. The Labute approximate surface area is 210 Å². The fourth-order valence-corrected chi connectivity index (χ4v) is 7.89. The Morgan fingerprint density at radius 3 is 2.06 bits per heavy atom. The van der Waals surface area contributed by atoms with Gasteiger partial charge in [0.1, 0.15) is 5.56 Å². The van der Waals surface area contributed by atoms with Gasteiger partial charge in [0.2, 0.25) is 5.88 Å². The van der Waals surface area contributed by atoms with Gasteiger partial charge in [-0.2, -0.15) is 0 Å². The highest BCUT2D eigenvalue weighted by Crippen LogP contribution is 2.60. The number of aryl methyl sites for hydroxylation is 3. The number of aromatic hydroxyl groups is 1. The molecule has 1 aromatic heterocycles. The minimum Gasteiger partial charge on any atom is -0.493 e. The van der Waals surface area contributed by atoms with E-state index in [4.69, 9.17) is 0 Å². The maximum absolute atomic E-state index is 12.7. The first-order valence-corrected chi connectivity index (χ1v) is 13.0. The third-order valence-electron chi connectivity index (χ3n) is 8.84. The molecule has 2 N–H and O–H groups in total. The van der Waals surface area contributed by atoms with Crippen LogP contribution in [0.2, 0.25) is 0 Å². The molecule has 36 heavy (non-hydrogen) atoms. The molecule has 4 aliphatic rings. The van der Waals surface area contributed by atoms with Crippen LogP contribution >= 0.6 is 0 Å². The number of H-pyrrole nitrogens is 1. The van der Waals surface area contributed by atoms with Gasteiger partial charge in [0.05, 0.1) is 11.4 Å². The van der Waals surface area contributed by atoms with E-state index in [2.05, 4.69) is 22.1 Å². The van der Waals surface area contributed by atoms with E-state index in [0.717, 1.165) is 39.0 Å². The van der Waals surface area contributed by atoms with Crippen molar-refractivity contribution in [1.29, 1.82) is 0 Å². The van der Waals surface area contributed by atoms with Crippen molar-refractivity contribution in [2.45, 2.75) is 64.7 Å². The maximum Gasteiger partial charge on any atom is 0.335 e. The van der Waals surface area contributed by atoms with Gasteiger partial charge in [-0.1, -0.05) is 29.8 Å². The van der Waals surface area contributed by atoms with Crippen molar-refractivity contribution >= 4 is 11.9 Å². The second kappa shape index (κ2) is 8.32. The Morgan fingerprint density at radius 1 is 0.944 bits per heavy atom. The third-order valence-corrected chi connectivity index (χ3v) is 8.84. The normalized spacial score (nSPS) is 26.7. The first-order chi connectivity index (χ1) is 17.2. The lowest BCUT2D eigenvalue weighted by atomic mass is 9.48. The Bertz CT molecular complexity index is 1440. The summed E-state index contributed by atoms with van der Waals surface area (Å²) in [6.07, 6.45) is 9.54. The van der Waals surface area contributed by atoms with E-state index >= 15 is 0 Å². The number of nitrogens with one attached hydrogen (secondary N) is 1. The van der Waals surface area contributed by atoms with E-state index in [0.29, 0.717) is 16.8 Å². The molecular formula is C30H33N3O3. The molecule has 0 atom stereocenters. The number of rotatable bonds is 4. The molecule has 6 heteroatoms. The summed E-state index contributed by atoms with van der Waals surface area (Å²) in [6.45, 7) is 5.74. The molecule has 0 aliphatic heterocycles. The predicted molar refractivity (Wildman–Crippen MR) is 142 cm³/mol. The molecule has 7 rings (SSSR count). The molecule has 4 aliphatic carbocycles. The Morgan fingerprint density at radius 2 is 1.50 bits per heavy atom. The molecule has 4 fully saturated rings. The first kappa shape index (κ1) is 23.0. The third kappa shape index (κ3) is 3.74. The average molecular weight is 484 g/mol. The van der Waals surface area contributed by atoms with Crippen LogP contribution in [-0.4, -0.2) is 20.9 Å². The summed E-state index contributed by atoms with van der Waals surface area (Å²) in [7, 11) is 0. The summed E-state index contributed by atoms with van der Waals surface area (Å²) >= 11 is 0. The Balaban J connectivity index is 1.32. The molecular weight excluding hydrogens is 450 g/mol. The molecule has 0 saturated heterocycles. The molecule has 0 spiro atoms. The van der Waals surface area contributed by atoms with Crippen LogP contribution in [0.5, 0.6) is 5.88 Å². The van der Waals surface area contributed by atoms with Gasteiger partial charge < -0.3 is 5.11 Å². The monoisotopic (exact) mass is 483 g/mol. The van der Waals surface area contributed by atoms with Gasteiger partial charge in [0.15, 0.2) is 0 Å². The van der Waals surface area contributed by atoms with E-state index in [1.165, 1.54) is 50.3 Å². The highest BCUT2D eigenvalue weighted by Gasteiger charge is 2.51. The van der Waals surface area contributed by atoms with Gasteiger partial charge in [-0.3, -0.25) is 14.8 Å². The second-order valence-electron chi connectivity index (χ2n) is 11.6. The van der Waals surface area contributed by atoms with Gasteiger partial charge in [-0.25, -0.2) is 9.36 Å². The van der Waals surface area contributed by atoms with Gasteiger partial charge in [0.25, 0.3) is 5.56 Å². The van der Waals surface area contributed by atoms with Crippen LogP contribution in [0, 0.1) is 38.5 Å². The van der Waals surface area contributed by atoms with Crippen molar-refractivity contribution in [3.8, 4) is 11.6 Å². The highest BCUT2D eigenvalue weighted by molar-refractivity contribution is 5.84. The number of aliphatic imine (C=N–C) groups is 1. The summed E-state index contributed by atoms with van der Waals surface area (Å²) < 4.78 is 1.16. The van der Waals surface area contributed by atoms with E-state index < -0.39 is 17.1 Å². The number of aromatic nitrogens is 2. The molecule has 2 aromatic carbocycles. The van der Waals surface area contributed by atoms with E-state index in [1.54, 1.807) is 0 Å². The fraction of sp³-hybridized carbons (Fsp3) is 0.433. The summed E-state index contributed by atoms with van der Waals surface area (Å²) in [6, 6.07) is 12.3. The van der Waals surface area contributed by atoms with Gasteiger partial charge in [0, 0.05) is 6.21 Å². The van der Waals surface area contributed by atoms with Gasteiger partial charge in [-0.15, -0.1) is 0 Å². The van der Waals surface area contributed by atoms with Crippen LogP contribution in [0.4, 0.5) is 5.69 Å². The van der Waals surface area contributed by atoms with Crippen LogP contribution in [0.15, 0.2) is 51.0 Å². The van der Waals surface area contributed by atoms with Crippen molar-refractivity contribution in [1.82, 2.24) is 9.55 Å². The SMILES string of the molecule is Cc1cc(C)c(-n2c(O)c(C=Nc3ccc(C45CC6CC(CC(C6)C4)C5)cc3)c(=O)[nH]c2=O)c(C)c1. The Hall–Kier alpha value is -3.41. The maximum atomic E-state index is 12.7. The summed E-state index contributed by atoms with van der Waals surface area (Å²) in [4.78, 5) is 32.1. The van der Waals surface area contributed by atoms with Gasteiger partial charge >= 0.3 is 5.69 Å². The molecule has 3 aromatic rings. The van der Waals surface area contributed by atoms with Crippen molar-refractivity contribution in [3.63, 3.8) is 0 Å². The fourth-order valence-electron chi connectivity index (χ4n) is 7.89. The van der Waals surface area contributed by atoms with E-state index in [9.17, 15) is 14.7 Å². The summed E-state index contributed by atoms with van der Waals surface area (Å²) in [5, 5.41) is 11.0. The minimum atomic E-state index is -0.676. The molecule has 0 radical (unpaired) electrons. The molecule has 1 heterocycles. The highest BCUT2D eigenvalue weighted by atomic mass is 16.3. The second-order valence-corrected chi connectivity index (χ2v) is 11.6. The first-order valence-electron chi connectivity index (χ1n) is 13.0. The zero-order chi connectivity index (χ0) is 25.2. The van der Waals surface area contributed by atoms with Crippen LogP contribution < -0.4 is 11.2 Å². The van der Waals surface area contributed by atoms with Crippen LogP contribution in [0.25, 0.3) is 5.69 Å². The molecule has 6 nitrogen and oxygen atoms in total. The molecule has 4 bridgehead atoms. The van der Waals surface area contributed by atoms with Crippen LogP contribution in [0.3, 0.4) is 0 Å². The number of aromatic amines is 1. The van der Waals surface area contributed by atoms with Gasteiger partial charge in [-0.05, 0) is 111 Å². The standard InChI is InChI=1S/C30H33N3O3/c1-17-8-18(2)26(19(3)9-17)33-28(35)25(27(34)32-29(33)36)16-31-24-6-4-23(5-7-24)30-13-20-10-21(14-30)12-22(11-20)15-30/h4-9,16,20-22,35H,10-15H2,1-3H3,(H,32,34,36). The zero-order valence-electron chi connectivity index (χ0n) is 21.2. The van der Waals surface area contributed by atoms with Crippen molar-refractivity contribution in [3.05, 3.63) is 85.1 Å². The minimum absolute atomic E-state index is 0.0425. The molecule has 186 valence electrons. The lowest BCUT2D eigenvalue weighted by Gasteiger charge is -2.57. The van der Waals surface area contributed by atoms with Crippen molar-refractivity contribution in [2.24, 2.45) is 22.7 Å². The largest absolute Gasteiger partial charge is 0.493 e. The quantitative estimate of drug-likeness (QED) is 0.489. The number of hydrogen-bond donors (Lipinski definition) is 2. The van der Waals surface area contributed by atoms with Crippen molar-refractivity contribution in [2.75, 3.05) is 0 Å². The lowest BCUT2D eigenvalue weighted by Crippen LogP contribution is -2.48. The molecule has 0 unspecified atom stereocenters. The zero-order valence-corrected chi connectivity index (χ0v) is 21.2. The lowest BCUT2D eigenvalue weighted by molar-refractivity contribution is -0.00518.